The summed E-state index contributed by atoms with van der Waals surface area (Å²) in [6.45, 7) is 6.73. The maximum absolute atomic E-state index is 10.2. The zero-order chi connectivity index (χ0) is 13.0. The number of hydrogen-bond acceptors (Lipinski definition) is 3. The van der Waals surface area contributed by atoms with Crippen molar-refractivity contribution in [2.45, 2.75) is 52.2 Å². The van der Waals surface area contributed by atoms with Gasteiger partial charge in [0.05, 0.1) is 11.8 Å². The molecule has 102 valence electrons. The van der Waals surface area contributed by atoms with Crippen molar-refractivity contribution in [3.8, 4) is 0 Å². The smallest absolute Gasteiger partial charge is 0.0624 e. The summed E-state index contributed by atoms with van der Waals surface area (Å²) in [5.41, 5.74) is 2.27. The van der Waals surface area contributed by atoms with Crippen molar-refractivity contribution in [1.29, 1.82) is 0 Å². The fraction of sp³-hybridized carbons (Fsp3) is 0.786. The number of nitrogens with zero attached hydrogens (tertiary/aromatic N) is 2. The monoisotopic (exact) mass is 252 g/mol. The van der Waals surface area contributed by atoms with Crippen LogP contribution >= 0.6 is 0 Å². The summed E-state index contributed by atoms with van der Waals surface area (Å²) >= 11 is 0. The first-order valence-corrected chi connectivity index (χ1v) is 7.04. The van der Waals surface area contributed by atoms with Crippen molar-refractivity contribution in [2.24, 2.45) is 5.92 Å². The topological polar surface area (TPSA) is 47.3 Å². The molecule has 1 aromatic heterocycles. The van der Waals surface area contributed by atoms with Gasteiger partial charge >= 0.3 is 0 Å². The van der Waals surface area contributed by atoms with Gasteiger partial charge in [-0.05, 0) is 38.2 Å². The summed E-state index contributed by atoms with van der Waals surface area (Å²) in [5, 5.41) is 14.7. The van der Waals surface area contributed by atoms with Crippen LogP contribution in [0.15, 0.2) is 6.07 Å². The first-order chi connectivity index (χ1) is 8.72. The lowest BCUT2D eigenvalue weighted by Crippen LogP contribution is -2.18. The molecular formula is C14H24N2O2. The van der Waals surface area contributed by atoms with Crippen LogP contribution in [0, 0.1) is 5.92 Å². The average molecular weight is 252 g/mol. The van der Waals surface area contributed by atoms with E-state index in [1.54, 1.807) is 0 Å². The lowest BCUT2D eigenvalue weighted by atomic mass is 9.98. The Labute approximate surface area is 109 Å². The Hall–Kier alpha value is -0.870. The van der Waals surface area contributed by atoms with Gasteiger partial charge in [0, 0.05) is 31.9 Å². The van der Waals surface area contributed by atoms with E-state index in [4.69, 9.17) is 4.74 Å². The van der Waals surface area contributed by atoms with Gasteiger partial charge in [-0.25, -0.2) is 0 Å². The molecular weight excluding hydrogens is 228 g/mol. The molecule has 1 saturated heterocycles. The molecule has 0 radical (unpaired) electrons. The molecule has 2 unspecified atom stereocenters. The molecule has 1 aliphatic rings. The van der Waals surface area contributed by atoms with Crippen molar-refractivity contribution in [1.82, 2.24) is 9.78 Å². The van der Waals surface area contributed by atoms with E-state index in [2.05, 4.69) is 25.0 Å². The van der Waals surface area contributed by atoms with Gasteiger partial charge in [-0.2, -0.15) is 5.10 Å². The molecule has 4 nitrogen and oxygen atoms in total. The van der Waals surface area contributed by atoms with E-state index >= 15 is 0 Å². The molecule has 0 amide bonds. The van der Waals surface area contributed by atoms with Crippen LogP contribution in [0.5, 0.6) is 0 Å². The summed E-state index contributed by atoms with van der Waals surface area (Å²) in [6.07, 6.45) is 3.31. The average Bonchev–Trinajstić information content (AvgIpc) is 2.98. The van der Waals surface area contributed by atoms with Gasteiger partial charge in [-0.15, -0.1) is 0 Å². The van der Waals surface area contributed by atoms with Crippen molar-refractivity contribution >= 4 is 0 Å². The van der Waals surface area contributed by atoms with E-state index in [0.717, 1.165) is 50.4 Å². The number of ether oxygens (including phenoxy) is 1. The second kappa shape index (κ2) is 6.34. The highest BCUT2D eigenvalue weighted by Gasteiger charge is 2.20. The van der Waals surface area contributed by atoms with Crippen molar-refractivity contribution in [3.63, 3.8) is 0 Å². The largest absolute Gasteiger partial charge is 0.393 e. The summed E-state index contributed by atoms with van der Waals surface area (Å²) < 4.78 is 7.35. The fourth-order valence-electron chi connectivity index (χ4n) is 2.60. The molecule has 1 N–H and O–H groups in total. The Balaban J connectivity index is 1.92. The Bertz CT molecular complexity index is 370. The molecule has 2 heterocycles. The van der Waals surface area contributed by atoms with Crippen LogP contribution in [0.2, 0.25) is 0 Å². The summed E-state index contributed by atoms with van der Waals surface area (Å²) in [7, 11) is 0. The highest BCUT2D eigenvalue weighted by molar-refractivity contribution is 5.11. The van der Waals surface area contributed by atoms with Crippen molar-refractivity contribution in [3.05, 3.63) is 17.5 Å². The molecule has 1 aromatic rings. The SMILES string of the molecule is CCc1cc(CC(O)CC2CCOC2)n(CC)n1. The van der Waals surface area contributed by atoms with Crippen LogP contribution in [-0.2, 0) is 24.1 Å². The third-order valence-corrected chi connectivity index (χ3v) is 3.65. The quantitative estimate of drug-likeness (QED) is 0.839. The second-order valence-electron chi connectivity index (χ2n) is 5.12. The molecule has 0 aromatic carbocycles. The van der Waals surface area contributed by atoms with Gasteiger partial charge in [0.15, 0.2) is 0 Å². The van der Waals surface area contributed by atoms with E-state index in [9.17, 15) is 5.11 Å². The van der Waals surface area contributed by atoms with Gasteiger partial charge in [-0.1, -0.05) is 6.92 Å². The Kier molecular flexibility index (Phi) is 4.78. The van der Waals surface area contributed by atoms with Crippen molar-refractivity contribution < 1.29 is 9.84 Å². The molecule has 0 bridgehead atoms. The van der Waals surface area contributed by atoms with Crippen LogP contribution in [0.25, 0.3) is 0 Å². The van der Waals surface area contributed by atoms with Crippen LogP contribution in [0.1, 0.15) is 38.1 Å². The molecule has 2 atom stereocenters. The third-order valence-electron chi connectivity index (χ3n) is 3.65. The van der Waals surface area contributed by atoms with Gasteiger partial charge in [-0.3, -0.25) is 4.68 Å². The zero-order valence-corrected chi connectivity index (χ0v) is 11.4. The highest BCUT2D eigenvalue weighted by Crippen LogP contribution is 2.20. The number of aliphatic hydroxyl groups excluding tert-OH is 1. The number of hydrogen-bond donors (Lipinski definition) is 1. The number of aryl methyl sites for hydroxylation is 2. The molecule has 0 spiro atoms. The van der Waals surface area contributed by atoms with Crippen LogP contribution in [-0.4, -0.2) is 34.2 Å². The molecule has 2 rings (SSSR count). The molecule has 1 aliphatic heterocycles. The third kappa shape index (κ3) is 3.33. The standard InChI is InChI=1S/C14H24N2O2/c1-3-12-8-13(16(4-2)15-12)9-14(17)7-11-5-6-18-10-11/h8,11,14,17H,3-7,9-10H2,1-2H3. The molecule has 0 saturated carbocycles. The van der Waals surface area contributed by atoms with Crippen LogP contribution in [0.4, 0.5) is 0 Å². The summed E-state index contributed by atoms with van der Waals surface area (Å²) in [4.78, 5) is 0. The summed E-state index contributed by atoms with van der Waals surface area (Å²) in [6, 6.07) is 2.12. The molecule has 0 aliphatic carbocycles. The first kappa shape index (κ1) is 13.6. The number of rotatable bonds is 6. The van der Waals surface area contributed by atoms with Crippen LogP contribution < -0.4 is 0 Å². The lowest BCUT2D eigenvalue weighted by molar-refractivity contribution is 0.127. The van der Waals surface area contributed by atoms with E-state index < -0.39 is 0 Å². The molecule has 18 heavy (non-hydrogen) atoms. The minimum Gasteiger partial charge on any atom is -0.393 e. The lowest BCUT2D eigenvalue weighted by Gasteiger charge is -2.14. The molecule has 4 heteroatoms. The number of aliphatic hydroxyl groups is 1. The summed E-state index contributed by atoms with van der Waals surface area (Å²) in [5.74, 6) is 0.531. The minimum atomic E-state index is -0.275. The van der Waals surface area contributed by atoms with Crippen LogP contribution in [0.3, 0.4) is 0 Å². The minimum absolute atomic E-state index is 0.275. The second-order valence-corrected chi connectivity index (χ2v) is 5.12. The maximum Gasteiger partial charge on any atom is 0.0624 e. The number of aromatic nitrogens is 2. The Morgan fingerprint density at radius 3 is 3.00 bits per heavy atom. The van der Waals surface area contributed by atoms with Crippen molar-refractivity contribution in [2.75, 3.05) is 13.2 Å². The Morgan fingerprint density at radius 2 is 2.39 bits per heavy atom. The predicted octanol–water partition coefficient (Wildman–Crippen LogP) is 1.80. The maximum atomic E-state index is 10.2. The van der Waals surface area contributed by atoms with E-state index in [-0.39, 0.29) is 6.10 Å². The van der Waals surface area contributed by atoms with Gasteiger partial charge in [0.25, 0.3) is 0 Å². The normalized spacial score (nSPS) is 21.4. The molecule has 1 fully saturated rings. The Morgan fingerprint density at radius 1 is 1.56 bits per heavy atom. The highest BCUT2D eigenvalue weighted by atomic mass is 16.5. The van der Waals surface area contributed by atoms with E-state index in [0.29, 0.717) is 12.3 Å². The predicted molar refractivity (Wildman–Crippen MR) is 70.5 cm³/mol. The van der Waals surface area contributed by atoms with Gasteiger partial charge in [0.1, 0.15) is 0 Å². The van der Waals surface area contributed by atoms with E-state index in [1.165, 1.54) is 0 Å². The van der Waals surface area contributed by atoms with Gasteiger partial charge in [0.2, 0.25) is 0 Å². The van der Waals surface area contributed by atoms with E-state index in [1.807, 2.05) is 4.68 Å². The first-order valence-electron chi connectivity index (χ1n) is 7.04. The fourth-order valence-corrected chi connectivity index (χ4v) is 2.60. The zero-order valence-electron chi connectivity index (χ0n) is 11.4. The van der Waals surface area contributed by atoms with Gasteiger partial charge < -0.3 is 9.84 Å².